The van der Waals surface area contributed by atoms with Gasteiger partial charge in [0.15, 0.2) is 0 Å². The molecule has 0 saturated carbocycles. The average Bonchev–Trinajstić information content (AvgIpc) is 3.56. The van der Waals surface area contributed by atoms with Crippen LogP contribution in [0.2, 0.25) is 0 Å². The molecule has 2 aromatic heterocycles. The second-order valence-electron chi connectivity index (χ2n) is 8.41. The van der Waals surface area contributed by atoms with E-state index in [0.717, 1.165) is 43.8 Å². The number of rotatable bonds is 6. The molecule has 1 amide bonds. The molecule has 6 heteroatoms. The smallest absolute Gasteiger partial charge is 0.257 e. The van der Waals surface area contributed by atoms with E-state index in [9.17, 15) is 4.79 Å². The fourth-order valence-electron chi connectivity index (χ4n) is 4.59. The molecule has 1 aromatic carbocycles. The molecule has 4 heterocycles. The number of hydrogen-bond donors (Lipinski definition) is 0. The standard InChI is InChI=1S/C25H27N3O2S/c29-25(18-27-12-10-20(11-13-27)16-19-6-2-1-3-7-19)28-22(24-9-5-15-31-24)17-21(26-28)23-8-4-14-30-23/h1-9,14-15,20,22H,10-13,16-18H2/t22-/m0/s1. The van der Waals surface area contributed by atoms with Crippen LogP contribution in [0, 0.1) is 5.92 Å². The van der Waals surface area contributed by atoms with Gasteiger partial charge < -0.3 is 4.42 Å². The number of likely N-dealkylation sites (tertiary alicyclic amines) is 1. The normalized spacial score (nSPS) is 20.2. The number of hydrazone groups is 1. The van der Waals surface area contributed by atoms with E-state index in [1.807, 2.05) is 18.2 Å². The van der Waals surface area contributed by atoms with Crippen LogP contribution in [0.5, 0.6) is 0 Å². The quantitative estimate of drug-likeness (QED) is 0.551. The Morgan fingerprint density at radius 1 is 1.06 bits per heavy atom. The summed E-state index contributed by atoms with van der Waals surface area (Å²) in [4.78, 5) is 16.7. The number of piperidine rings is 1. The van der Waals surface area contributed by atoms with Gasteiger partial charge in [-0.3, -0.25) is 9.69 Å². The number of carbonyl (C=O) groups excluding carboxylic acids is 1. The third-order valence-electron chi connectivity index (χ3n) is 6.28. The van der Waals surface area contributed by atoms with Gasteiger partial charge in [-0.25, -0.2) is 5.01 Å². The third kappa shape index (κ3) is 4.65. The van der Waals surface area contributed by atoms with Gasteiger partial charge in [0.1, 0.15) is 11.5 Å². The number of nitrogens with zero attached hydrogens (tertiary/aromatic N) is 3. The Morgan fingerprint density at radius 2 is 1.90 bits per heavy atom. The molecule has 160 valence electrons. The first-order valence-corrected chi connectivity index (χ1v) is 11.9. The van der Waals surface area contributed by atoms with Crippen LogP contribution in [0.1, 0.15) is 41.5 Å². The molecule has 0 bridgehead atoms. The molecule has 31 heavy (non-hydrogen) atoms. The van der Waals surface area contributed by atoms with E-state index in [1.54, 1.807) is 22.6 Å². The van der Waals surface area contributed by atoms with Gasteiger partial charge in [-0.1, -0.05) is 36.4 Å². The van der Waals surface area contributed by atoms with Gasteiger partial charge in [-0.2, -0.15) is 5.10 Å². The van der Waals surface area contributed by atoms with Gasteiger partial charge in [0.2, 0.25) is 0 Å². The number of furan rings is 1. The zero-order valence-corrected chi connectivity index (χ0v) is 18.3. The van der Waals surface area contributed by atoms with Crippen molar-refractivity contribution in [1.29, 1.82) is 0 Å². The maximum absolute atomic E-state index is 13.3. The molecule has 1 fully saturated rings. The zero-order valence-electron chi connectivity index (χ0n) is 17.5. The van der Waals surface area contributed by atoms with Crippen molar-refractivity contribution in [3.63, 3.8) is 0 Å². The molecule has 5 rings (SSSR count). The molecule has 2 aliphatic heterocycles. The number of benzene rings is 1. The summed E-state index contributed by atoms with van der Waals surface area (Å²) in [5.41, 5.74) is 2.26. The molecule has 1 atom stereocenters. The molecule has 0 unspecified atom stereocenters. The highest BCUT2D eigenvalue weighted by atomic mass is 32.1. The van der Waals surface area contributed by atoms with Crippen molar-refractivity contribution in [3.05, 3.63) is 82.4 Å². The fraction of sp³-hybridized carbons (Fsp3) is 0.360. The first kappa shape index (κ1) is 20.2. The van der Waals surface area contributed by atoms with E-state index in [4.69, 9.17) is 9.52 Å². The van der Waals surface area contributed by atoms with Crippen molar-refractivity contribution in [1.82, 2.24) is 9.91 Å². The summed E-state index contributed by atoms with van der Waals surface area (Å²) in [5, 5.41) is 8.44. The summed E-state index contributed by atoms with van der Waals surface area (Å²) >= 11 is 1.68. The van der Waals surface area contributed by atoms with Crippen molar-refractivity contribution in [2.45, 2.75) is 31.7 Å². The summed E-state index contributed by atoms with van der Waals surface area (Å²) in [5.74, 6) is 1.52. The highest BCUT2D eigenvalue weighted by Crippen LogP contribution is 2.35. The van der Waals surface area contributed by atoms with Gasteiger partial charge in [0.05, 0.1) is 18.8 Å². The average molecular weight is 434 g/mol. The van der Waals surface area contributed by atoms with Crippen molar-refractivity contribution in [2.24, 2.45) is 11.0 Å². The monoisotopic (exact) mass is 433 g/mol. The molecular weight excluding hydrogens is 406 g/mol. The van der Waals surface area contributed by atoms with Crippen molar-refractivity contribution < 1.29 is 9.21 Å². The van der Waals surface area contributed by atoms with Crippen molar-refractivity contribution >= 4 is 23.0 Å². The minimum atomic E-state index is -0.0387. The molecule has 5 nitrogen and oxygen atoms in total. The largest absolute Gasteiger partial charge is 0.463 e. The Labute approximate surface area is 187 Å². The topological polar surface area (TPSA) is 49.1 Å². The Hall–Kier alpha value is -2.70. The van der Waals surface area contributed by atoms with Crippen LogP contribution in [0.4, 0.5) is 0 Å². The van der Waals surface area contributed by atoms with Crippen LogP contribution in [0.25, 0.3) is 0 Å². The predicted molar refractivity (Wildman–Crippen MR) is 123 cm³/mol. The molecule has 0 N–H and O–H groups in total. The third-order valence-corrected chi connectivity index (χ3v) is 7.25. The van der Waals surface area contributed by atoms with Gasteiger partial charge in [0.25, 0.3) is 5.91 Å². The highest BCUT2D eigenvalue weighted by Gasteiger charge is 2.35. The van der Waals surface area contributed by atoms with Gasteiger partial charge in [-0.15, -0.1) is 11.3 Å². The summed E-state index contributed by atoms with van der Waals surface area (Å²) < 4.78 is 5.55. The number of carbonyl (C=O) groups is 1. The lowest BCUT2D eigenvalue weighted by Crippen LogP contribution is -2.42. The molecule has 0 radical (unpaired) electrons. The predicted octanol–water partition coefficient (Wildman–Crippen LogP) is 4.97. The fourth-order valence-corrected chi connectivity index (χ4v) is 5.41. The van der Waals surface area contributed by atoms with Crippen LogP contribution in [0.3, 0.4) is 0 Å². The molecule has 0 aliphatic carbocycles. The van der Waals surface area contributed by atoms with E-state index in [0.29, 0.717) is 18.9 Å². The molecular formula is C25H27N3O2S. The highest BCUT2D eigenvalue weighted by molar-refractivity contribution is 7.10. The Bertz CT molecular complexity index is 1010. The summed E-state index contributed by atoms with van der Waals surface area (Å²) in [6.07, 6.45) is 5.75. The van der Waals surface area contributed by atoms with Crippen molar-refractivity contribution in [3.8, 4) is 0 Å². The lowest BCUT2D eigenvalue weighted by molar-refractivity contribution is -0.134. The summed E-state index contributed by atoms with van der Waals surface area (Å²) in [6, 6.07) is 18.6. The number of amides is 1. The van der Waals surface area contributed by atoms with Crippen LogP contribution in [0.15, 0.2) is 75.8 Å². The summed E-state index contributed by atoms with van der Waals surface area (Å²) in [7, 11) is 0. The Balaban J connectivity index is 1.21. The second-order valence-corrected chi connectivity index (χ2v) is 9.39. The maximum atomic E-state index is 13.3. The van der Waals surface area contributed by atoms with Gasteiger partial charge >= 0.3 is 0 Å². The maximum Gasteiger partial charge on any atom is 0.257 e. The second kappa shape index (κ2) is 9.20. The van der Waals surface area contributed by atoms with Gasteiger partial charge in [0, 0.05) is 11.3 Å². The lowest BCUT2D eigenvalue weighted by Gasteiger charge is -2.32. The van der Waals surface area contributed by atoms with E-state index in [-0.39, 0.29) is 11.9 Å². The van der Waals surface area contributed by atoms with E-state index in [2.05, 4.69) is 46.7 Å². The van der Waals surface area contributed by atoms with Gasteiger partial charge in [-0.05, 0) is 67.4 Å². The van der Waals surface area contributed by atoms with Crippen LogP contribution in [-0.2, 0) is 11.2 Å². The minimum absolute atomic E-state index is 0.0387. The zero-order chi connectivity index (χ0) is 21.0. The Morgan fingerprint density at radius 3 is 2.61 bits per heavy atom. The number of thiophene rings is 1. The minimum Gasteiger partial charge on any atom is -0.463 e. The first-order valence-electron chi connectivity index (χ1n) is 11.0. The van der Waals surface area contributed by atoms with Crippen LogP contribution in [-0.4, -0.2) is 41.2 Å². The van der Waals surface area contributed by atoms with E-state index < -0.39 is 0 Å². The van der Waals surface area contributed by atoms with Crippen molar-refractivity contribution in [2.75, 3.05) is 19.6 Å². The molecule has 0 spiro atoms. The number of hydrogen-bond acceptors (Lipinski definition) is 5. The summed E-state index contributed by atoms with van der Waals surface area (Å²) in [6.45, 7) is 2.36. The van der Waals surface area contributed by atoms with E-state index in [1.165, 1.54) is 10.4 Å². The first-order chi connectivity index (χ1) is 15.3. The van der Waals surface area contributed by atoms with Crippen LogP contribution < -0.4 is 0 Å². The molecule has 1 saturated heterocycles. The lowest BCUT2D eigenvalue weighted by atomic mass is 9.90. The molecule has 3 aromatic rings. The van der Waals surface area contributed by atoms with Crippen LogP contribution >= 0.6 is 11.3 Å². The Kier molecular flexibility index (Phi) is 6.00. The molecule has 2 aliphatic rings. The van der Waals surface area contributed by atoms with E-state index >= 15 is 0 Å². The SMILES string of the molecule is O=C(CN1CCC(Cc2ccccc2)CC1)N1N=C(c2ccco2)C[C@H]1c1cccs1.